The van der Waals surface area contributed by atoms with E-state index in [-0.39, 0.29) is 13.0 Å². The van der Waals surface area contributed by atoms with Crippen LogP contribution in [0.15, 0.2) is 11.6 Å². The number of esters is 1. The number of nitrogens with zero attached hydrogens (tertiary/aromatic N) is 1. The molecule has 8 heteroatoms. The van der Waals surface area contributed by atoms with E-state index in [0.717, 1.165) is 29.4 Å². The molecule has 0 unspecified atom stereocenters. The van der Waals surface area contributed by atoms with E-state index in [1.165, 1.54) is 14.2 Å². The van der Waals surface area contributed by atoms with Gasteiger partial charge in [0.2, 0.25) is 0 Å². The molecule has 0 saturated heterocycles. The number of hydrogen-bond acceptors (Lipinski definition) is 5. The van der Waals surface area contributed by atoms with E-state index >= 15 is 0 Å². The van der Waals surface area contributed by atoms with Gasteiger partial charge in [-0.05, 0) is 13.0 Å². The lowest BCUT2D eigenvalue weighted by molar-refractivity contribution is -0.140. The Labute approximate surface area is 114 Å². The van der Waals surface area contributed by atoms with Gasteiger partial charge >= 0.3 is 5.97 Å². The molecule has 110 valence electrons. The predicted molar refractivity (Wildman–Crippen MR) is 71.8 cm³/mol. The van der Waals surface area contributed by atoms with E-state index in [2.05, 4.69) is 14.8 Å². The van der Waals surface area contributed by atoms with Crippen LogP contribution < -0.4 is 10.0 Å². The monoisotopic (exact) mass is 291 g/mol. The van der Waals surface area contributed by atoms with Gasteiger partial charge in [0.05, 0.1) is 13.5 Å². The molecule has 1 aliphatic heterocycles. The van der Waals surface area contributed by atoms with Crippen LogP contribution in [0, 0.1) is 0 Å². The summed E-state index contributed by atoms with van der Waals surface area (Å²) in [4.78, 5) is 11.0. The van der Waals surface area contributed by atoms with Gasteiger partial charge in [-0.15, -0.1) is 0 Å². The summed E-state index contributed by atoms with van der Waals surface area (Å²) in [6, 6.07) is 0. The number of nitrogens with one attached hydrogen (secondary N) is 2. The quantitative estimate of drug-likeness (QED) is 0.475. The Morgan fingerprint density at radius 2 is 2.32 bits per heavy atom. The fraction of sp³-hybridized carbons (Fsp3) is 0.727. The summed E-state index contributed by atoms with van der Waals surface area (Å²) in [5.74, 6) is -0.428. The normalized spacial score (nSPS) is 16.3. The molecule has 2 N–H and O–H groups in total. The van der Waals surface area contributed by atoms with Gasteiger partial charge < -0.3 is 10.1 Å². The minimum absolute atomic E-state index is 0.0422. The second-order valence-corrected chi connectivity index (χ2v) is 6.15. The third-order valence-electron chi connectivity index (χ3n) is 2.91. The number of ether oxygens (including phenoxy) is 1. The molecule has 0 spiro atoms. The molecule has 0 aromatic carbocycles. The van der Waals surface area contributed by atoms with Crippen LogP contribution in [0.2, 0.25) is 0 Å². The van der Waals surface area contributed by atoms with E-state index in [9.17, 15) is 13.2 Å². The average molecular weight is 291 g/mol. The van der Waals surface area contributed by atoms with Gasteiger partial charge in [-0.1, -0.05) is 11.6 Å². The zero-order chi connectivity index (χ0) is 14.3. The van der Waals surface area contributed by atoms with Gasteiger partial charge in [0.15, 0.2) is 0 Å². The van der Waals surface area contributed by atoms with Gasteiger partial charge in [-0.2, -0.15) is 17.4 Å². The van der Waals surface area contributed by atoms with Crippen molar-refractivity contribution in [2.45, 2.75) is 12.8 Å². The number of carbonyl (C=O) groups excluding carboxylic acids is 1. The summed E-state index contributed by atoms with van der Waals surface area (Å²) in [6.07, 6.45) is 2.87. The highest BCUT2D eigenvalue weighted by molar-refractivity contribution is 7.87. The van der Waals surface area contributed by atoms with E-state index < -0.39 is 16.2 Å². The van der Waals surface area contributed by atoms with Crippen molar-refractivity contribution in [1.29, 1.82) is 0 Å². The summed E-state index contributed by atoms with van der Waals surface area (Å²) in [5, 5.41) is 3.16. The standard InChI is InChI=1S/C11H21N3O4S/c1-14(8-5-11(15)18-2)19(16,17)13-9-10-3-6-12-7-4-10/h3,12-13H,4-9H2,1-2H3. The highest BCUT2D eigenvalue weighted by atomic mass is 32.2. The van der Waals surface area contributed by atoms with Crippen LogP contribution in [0.25, 0.3) is 0 Å². The van der Waals surface area contributed by atoms with Crippen molar-refractivity contribution >= 4 is 16.2 Å². The first kappa shape index (κ1) is 16.1. The topological polar surface area (TPSA) is 87.7 Å². The number of hydrogen-bond donors (Lipinski definition) is 2. The van der Waals surface area contributed by atoms with Crippen molar-refractivity contribution in [2.24, 2.45) is 0 Å². The van der Waals surface area contributed by atoms with Crippen LogP contribution in [0.4, 0.5) is 0 Å². The van der Waals surface area contributed by atoms with E-state index in [1.807, 2.05) is 6.08 Å². The Kier molecular flexibility index (Phi) is 6.43. The van der Waals surface area contributed by atoms with E-state index in [0.29, 0.717) is 6.54 Å². The van der Waals surface area contributed by atoms with Gasteiger partial charge in [-0.25, -0.2) is 0 Å². The molecule has 0 saturated carbocycles. The summed E-state index contributed by atoms with van der Waals surface area (Å²) in [5.41, 5.74) is 1.07. The Hall–Kier alpha value is -0.960. The summed E-state index contributed by atoms with van der Waals surface area (Å²) >= 11 is 0. The van der Waals surface area contributed by atoms with Gasteiger partial charge in [0.25, 0.3) is 10.2 Å². The number of rotatable bonds is 7. The van der Waals surface area contributed by atoms with Crippen LogP contribution in [0.5, 0.6) is 0 Å². The molecule has 1 heterocycles. The van der Waals surface area contributed by atoms with Crippen LogP contribution >= 0.6 is 0 Å². The Morgan fingerprint density at radius 1 is 1.58 bits per heavy atom. The second-order valence-electron chi connectivity index (χ2n) is 4.29. The lowest BCUT2D eigenvalue weighted by Crippen LogP contribution is -2.40. The summed E-state index contributed by atoms with van der Waals surface area (Å²) in [6.45, 7) is 2.05. The summed E-state index contributed by atoms with van der Waals surface area (Å²) in [7, 11) is -0.840. The van der Waals surface area contributed by atoms with E-state index in [1.54, 1.807) is 0 Å². The fourth-order valence-electron chi connectivity index (χ4n) is 1.60. The zero-order valence-electron chi connectivity index (χ0n) is 11.3. The van der Waals surface area contributed by atoms with Crippen molar-refractivity contribution < 1.29 is 17.9 Å². The van der Waals surface area contributed by atoms with Crippen molar-refractivity contribution in [3.8, 4) is 0 Å². The maximum absolute atomic E-state index is 11.9. The molecule has 0 fully saturated rings. The maximum Gasteiger partial charge on any atom is 0.306 e. The molecule has 0 aliphatic carbocycles. The molecule has 0 aromatic heterocycles. The highest BCUT2D eigenvalue weighted by Crippen LogP contribution is 2.04. The Morgan fingerprint density at radius 3 is 2.89 bits per heavy atom. The van der Waals surface area contributed by atoms with Gasteiger partial charge in [0, 0.05) is 26.7 Å². The highest BCUT2D eigenvalue weighted by Gasteiger charge is 2.18. The largest absolute Gasteiger partial charge is 0.469 e. The van der Waals surface area contributed by atoms with Crippen molar-refractivity contribution in [2.75, 3.05) is 40.3 Å². The van der Waals surface area contributed by atoms with Crippen LogP contribution in [0.1, 0.15) is 12.8 Å². The molecule has 0 radical (unpaired) electrons. The molecule has 7 nitrogen and oxygen atoms in total. The minimum atomic E-state index is -3.55. The summed E-state index contributed by atoms with van der Waals surface area (Å²) < 4.78 is 31.9. The smallest absolute Gasteiger partial charge is 0.306 e. The number of methoxy groups -OCH3 is 1. The molecular formula is C11H21N3O4S. The third kappa shape index (κ3) is 5.68. The molecule has 19 heavy (non-hydrogen) atoms. The van der Waals surface area contributed by atoms with Crippen molar-refractivity contribution in [1.82, 2.24) is 14.3 Å². The molecule has 1 aliphatic rings. The van der Waals surface area contributed by atoms with Crippen molar-refractivity contribution in [3.05, 3.63) is 11.6 Å². The zero-order valence-corrected chi connectivity index (χ0v) is 12.1. The van der Waals surface area contributed by atoms with Gasteiger partial charge in [-0.3, -0.25) is 4.79 Å². The van der Waals surface area contributed by atoms with E-state index in [4.69, 9.17) is 0 Å². The lowest BCUT2D eigenvalue weighted by Gasteiger charge is -2.19. The second kappa shape index (κ2) is 7.59. The Balaban J connectivity index is 2.41. The Bertz CT molecular complexity index is 433. The third-order valence-corrected chi connectivity index (χ3v) is 4.42. The van der Waals surface area contributed by atoms with Crippen LogP contribution in [0.3, 0.4) is 0 Å². The molecular weight excluding hydrogens is 270 g/mol. The molecule has 0 atom stereocenters. The first-order valence-electron chi connectivity index (χ1n) is 6.12. The first-order valence-corrected chi connectivity index (χ1v) is 7.56. The molecule has 0 amide bonds. The average Bonchev–Trinajstić information content (AvgIpc) is 2.43. The van der Waals surface area contributed by atoms with Gasteiger partial charge in [0.1, 0.15) is 0 Å². The molecule has 0 bridgehead atoms. The maximum atomic E-state index is 11.9. The first-order chi connectivity index (χ1) is 8.95. The fourth-order valence-corrected chi connectivity index (χ4v) is 2.52. The minimum Gasteiger partial charge on any atom is -0.469 e. The van der Waals surface area contributed by atoms with Crippen LogP contribution in [-0.2, 0) is 19.7 Å². The molecule has 1 rings (SSSR count). The molecule has 0 aromatic rings. The van der Waals surface area contributed by atoms with Crippen molar-refractivity contribution in [3.63, 3.8) is 0 Å². The predicted octanol–water partition coefficient (Wildman–Crippen LogP) is -0.765. The number of carbonyl (C=O) groups is 1. The SMILES string of the molecule is COC(=O)CCN(C)S(=O)(=O)NCC1=CCNCC1. The van der Waals surface area contributed by atoms with Crippen LogP contribution in [-0.4, -0.2) is 59.0 Å². The lowest BCUT2D eigenvalue weighted by atomic mass is 10.1.